The molecule has 0 saturated heterocycles. The third kappa shape index (κ3) is 5.27. The van der Waals surface area contributed by atoms with E-state index < -0.39 is 10.0 Å². The molecule has 0 radical (unpaired) electrons. The molecule has 0 aliphatic heterocycles. The van der Waals surface area contributed by atoms with Gasteiger partial charge in [0.2, 0.25) is 10.0 Å². The molecule has 1 rings (SSSR count). The largest absolute Gasteiger partial charge is 0.377 e. The Morgan fingerprint density at radius 2 is 2.25 bits per heavy atom. The molecule has 1 aromatic rings. The van der Waals surface area contributed by atoms with Crippen molar-refractivity contribution in [3.05, 3.63) is 24.0 Å². The molecule has 110 valence electrons. The molecule has 0 aliphatic rings. The van der Waals surface area contributed by atoms with Gasteiger partial charge in [-0.3, -0.25) is 4.98 Å². The number of nitrogens with two attached hydrogens (primary N) is 1. The number of hydrogen-bond acceptors (Lipinski definition) is 5. The number of nitrogens with one attached hydrogen (secondary N) is 1. The zero-order chi connectivity index (χ0) is 15.0. The van der Waals surface area contributed by atoms with Gasteiger partial charge in [-0.25, -0.2) is 13.1 Å². The summed E-state index contributed by atoms with van der Waals surface area (Å²) in [5.41, 5.74) is 5.78. The van der Waals surface area contributed by atoms with E-state index in [-0.39, 0.29) is 24.1 Å². The quantitative estimate of drug-likeness (QED) is 0.726. The lowest BCUT2D eigenvalue weighted by molar-refractivity contribution is 0.0799. The van der Waals surface area contributed by atoms with Gasteiger partial charge < -0.3 is 10.5 Å². The van der Waals surface area contributed by atoms with Crippen molar-refractivity contribution in [2.24, 2.45) is 5.73 Å². The van der Waals surface area contributed by atoms with Crippen molar-refractivity contribution in [2.45, 2.75) is 24.8 Å². The zero-order valence-corrected chi connectivity index (χ0v) is 12.4. The molecule has 1 unspecified atom stereocenters. The summed E-state index contributed by atoms with van der Waals surface area (Å²) in [6, 6.07) is 1.46. The number of hydrogen-bond donors (Lipinski definition) is 2. The summed E-state index contributed by atoms with van der Waals surface area (Å²) in [4.78, 5) is 3.95. The van der Waals surface area contributed by atoms with Crippen LogP contribution in [-0.2, 0) is 14.8 Å². The highest BCUT2D eigenvalue weighted by molar-refractivity contribution is 7.89. The average Bonchev–Trinajstić information content (AvgIpc) is 2.44. The molecule has 20 heavy (non-hydrogen) atoms. The molecule has 0 amide bonds. The SMILES string of the molecule is CCOC(C)CNS(=O)(=O)c1cncc(C#CCN)c1. The number of pyridine rings is 1. The Kier molecular flexibility index (Phi) is 6.61. The van der Waals surface area contributed by atoms with Crippen LogP contribution in [-0.4, -0.2) is 39.2 Å². The minimum Gasteiger partial charge on any atom is -0.377 e. The summed E-state index contributed by atoms with van der Waals surface area (Å²) in [7, 11) is -3.61. The van der Waals surface area contributed by atoms with Crippen LogP contribution in [0.4, 0.5) is 0 Å². The lowest BCUT2D eigenvalue weighted by Gasteiger charge is -2.12. The highest BCUT2D eigenvalue weighted by atomic mass is 32.2. The lowest BCUT2D eigenvalue weighted by atomic mass is 10.3. The third-order valence-corrected chi connectivity index (χ3v) is 3.76. The summed E-state index contributed by atoms with van der Waals surface area (Å²) in [6.07, 6.45) is 2.58. The van der Waals surface area contributed by atoms with Crippen LogP contribution in [0.25, 0.3) is 0 Å². The third-order valence-electron chi connectivity index (χ3n) is 2.37. The fraction of sp³-hybridized carbons (Fsp3) is 0.462. The molecule has 0 aliphatic carbocycles. The normalized spacial score (nSPS) is 12.6. The molecule has 0 saturated carbocycles. The van der Waals surface area contributed by atoms with Crippen molar-refractivity contribution in [1.82, 2.24) is 9.71 Å². The van der Waals surface area contributed by atoms with Crippen LogP contribution in [0.2, 0.25) is 0 Å². The Balaban J connectivity index is 2.82. The summed E-state index contributed by atoms with van der Waals surface area (Å²) in [5.74, 6) is 5.40. The van der Waals surface area contributed by atoms with Gasteiger partial charge in [0.15, 0.2) is 0 Å². The fourth-order valence-electron chi connectivity index (χ4n) is 1.44. The Morgan fingerprint density at radius 3 is 2.90 bits per heavy atom. The Morgan fingerprint density at radius 1 is 1.50 bits per heavy atom. The monoisotopic (exact) mass is 297 g/mol. The maximum absolute atomic E-state index is 12.1. The molecule has 0 aromatic carbocycles. The van der Waals surface area contributed by atoms with E-state index in [0.29, 0.717) is 12.2 Å². The number of ether oxygens (including phenoxy) is 1. The molecule has 0 bridgehead atoms. The molecule has 1 heterocycles. The van der Waals surface area contributed by atoms with E-state index in [1.165, 1.54) is 18.5 Å². The average molecular weight is 297 g/mol. The topological polar surface area (TPSA) is 94.3 Å². The highest BCUT2D eigenvalue weighted by Gasteiger charge is 2.16. The van der Waals surface area contributed by atoms with Gasteiger partial charge >= 0.3 is 0 Å². The smallest absolute Gasteiger partial charge is 0.242 e. The number of rotatable bonds is 6. The van der Waals surface area contributed by atoms with Gasteiger partial charge in [-0.05, 0) is 19.9 Å². The van der Waals surface area contributed by atoms with E-state index in [0.717, 1.165) is 0 Å². The van der Waals surface area contributed by atoms with Crippen LogP contribution in [0.3, 0.4) is 0 Å². The maximum atomic E-state index is 12.1. The minimum absolute atomic E-state index is 0.0741. The summed E-state index contributed by atoms with van der Waals surface area (Å²) < 4.78 is 31.9. The van der Waals surface area contributed by atoms with E-state index in [9.17, 15) is 8.42 Å². The first-order valence-electron chi connectivity index (χ1n) is 6.25. The van der Waals surface area contributed by atoms with Gasteiger partial charge in [0, 0.05) is 31.1 Å². The predicted molar refractivity (Wildman–Crippen MR) is 76.4 cm³/mol. The Hall–Kier alpha value is -1.46. The molecule has 3 N–H and O–H groups in total. The van der Waals surface area contributed by atoms with Crippen LogP contribution >= 0.6 is 0 Å². The van der Waals surface area contributed by atoms with E-state index in [1.807, 2.05) is 6.92 Å². The van der Waals surface area contributed by atoms with Crippen LogP contribution in [0.1, 0.15) is 19.4 Å². The fourth-order valence-corrected chi connectivity index (χ4v) is 2.54. The number of nitrogens with zero attached hydrogens (tertiary/aromatic N) is 1. The van der Waals surface area contributed by atoms with Gasteiger partial charge in [0.25, 0.3) is 0 Å². The van der Waals surface area contributed by atoms with Gasteiger partial charge in [0.05, 0.1) is 12.6 Å². The first-order chi connectivity index (χ1) is 9.49. The molecule has 7 heteroatoms. The second kappa shape index (κ2) is 7.97. The van der Waals surface area contributed by atoms with Gasteiger partial charge in [-0.1, -0.05) is 11.8 Å². The van der Waals surface area contributed by atoms with E-state index >= 15 is 0 Å². The Bertz CT molecular complexity index is 590. The molecule has 0 fully saturated rings. The van der Waals surface area contributed by atoms with E-state index in [1.54, 1.807) is 6.92 Å². The van der Waals surface area contributed by atoms with Crippen LogP contribution < -0.4 is 10.5 Å². The maximum Gasteiger partial charge on any atom is 0.242 e. The second-order valence-corrected chi connectivity index (χ2v) is 5.80. The van der Waals surface area contributed by atoms with Crippen molar-refractivity contribution in [1.29, 1.82) is 0 Å². The van der Waals surface area contributed by atoms with Crippen LogP contribution in [0, 0.1) is 11.8 Å². The lowest BCUT2D eigenvalue weighted by Crippen LogP contribution is -2.32. The predicted octanol–water partition coefficient (Wildman–Crippen LogP) is 0.0951. The highest BCUT2D eigenvalue weighted by Crippen LogP contribution is 2.09. The summed E-state index contributed by atoms with van der Waals surface area (Å²) >= 11 is 0. The zero-order valence-electron chi connectivity index (χ0n) is 11.6. The summed E-state index contributed by atoms with van der Waals surface area (Å²) in [5, 5.41) is 0. The first kappa shape index (κ1) is 16.6. The van der Waals surface area contributed by atoms with Crippen molar-refractivity contribution in [3.63, 3.8) is 0 Å². The van der Waals surface area contributed by atoms with Crippen LogP contribution in [0.15, 0.2) is 23.4 Å². The molecular weight excluding hydrogens is 278 g/mol. The second-order valence-electron chi connectivity index (χ2n) is 4.03. The summed E-state index contributed by atoms with van der Waals surface area (Å²) in [6.45, 7) is 4.60. The van der Waals surface area contributed by atoms with E-state index in [2.05, 4.69) is 21.5 Å². The number of sulfonamides is 1. The van der Waals surface area contributed by atoms with Crippen molar-refractivity contribution in [2.75, 3.05) is 19.7 Å². The van der Waals surface area contributed by atoms with Crippen LogP contribution in [0.5, 0.6) is 0 Å². The van der Waals surface area contributed by atoms with Gasteiger partial charge in [0.1, 0.15) is 4.90 Å². The number of aromatic nitrogens is 1. The van der Waals surface area contributed by atoms with Gasteiger partial charge in [-0.2, -0.15) is 0 Å². The van der Waals surface area contributed by atoms with Crippen molar-refractivity contribution in [3.8, 4) is 11.8 Å². The molecular formula is C13H19N3O3S. The molecule has 1 atom stereocenters. The molecule has 0 spiro atoms. The standard InChI is InChI=1S/C13H19N3O3S/c1-3-19-11(2)8-16-20(17,18)13-7-12(5-4-6-14)9-15-10-13/h7,9-11,16H,3,6,8,14H2,1-2H3. The van der Waals surface area contributed by atoms with Crippen molar-refractivity contribution < 1.29 is 13.2 Å². The Labute approximate surface area is 119 Å². The minimum atomic E-state index is -3.61. The molecule has 1 aromatic heterocycles. The van der Waals surface area contributed by atoms with E-state index in [4.69, 9.17) is 10.5 Å². The van der Waals surface area contributed by atoms with Crippen molar-refractivity contribution >= 4 is 10.0 Å². The van der Waals surface area contributed by atoms with Gasteiger partial charge in [-0.15, -0.1) is 0 Å². The first-order valence-corrected chi connectivity index (χ1v) is 7.73. The molecule has 6 nitrogen and oxygen atoms in total.